The summed E-state index contributed by atoms with van der Waals surface area (Å²) in [6.07, 6.45) is -12.8. The summed E-state index contributed by atoms with van der Waals surface area (Å²) >= 11 is 5.82. The van der Waals surface area contributed by atoms with Crippen molar-refractivity contribution in [3.05, 3.63) is 75.2 Å². The van der Waals surface area contributed by atoms with Gasteiger partial charge in [-0.3, -0.25) is 14.2 Å². The molecular formula is C23H20ClF6N5O4. The van der Waals surface area contributed by atoms with E-state index in [4.69, 9.17) is 17.3 Å². The van der Waals surface area contributed by atoms with E-state index in [1.165, 1.54) is 24.3 Å². The van der Waals surface area contributed by atoms with Crippen molar-refractivity contribution in [3.63, 3.8) is 0 Å². The van der Waals surface area contributed by atoms with Gasteiger partial charge in [0.2, 0.25) is 11.8 Å². The van der Waals surface area contributed by atoms with Crippen LogP contribution < -0.4 is 16.7 Å². The molecule has 1 heterocycles. The summed E-state index contributed by atoms with van der Waals surface area (Å²) < 4.78 is 79.5. The van der Waals surface area contributed by atoms with Gasteiger partial charge in [-0.05, 0) is 48.9 Å². The third kappa shape index (κ3) is 6.60. The lowest BCUT2D eigenvalue weighted by Crippen LogP contribution is -2.54. The Kier molecular flexibility index (Phi) is 8.17. The van der Waals surface area contributed by atoms with Crippen LogP contribution in [0.1, 0.15) is 18.1 Å². The molecule has 1 unspecified atom stereocenters. The molecule has 9 nitrogen and oxygen atoms in total. The maximum absolute atomic E-state index is 13.2. The molecule has 4 N–H and O–H groups in total. The number of primary amides is 1. The Hall–Kier alpha value is -3.85. The lowest BCUT2D eigenvalue weighted by molar-refractivity contribution is -0.207. The average molecular weight is 580 g/mol. The van der Waals surface area contributed by atoms with Crippen LogP contribution in [0.2, 0.25) is 5.02 Å². The number of nitrogens with zero attached hydrogens (tertiary/aromatic N) is 3. The highest BCUT2D eigenvalue weighted by Gasteiger charge is 2.40. The Morgan fingerprint density at radius 2 is 1.67 bits per heavy atom. The fourth-order valence-electron chi connectivity index (χ4n) is 3.53. The molecule has 2 amide bonds. The standard InChI is InChI=1S/C23H20ClF6N5O4/c1-21(19(31)38,13-3-2-4-14(9-13)22(25,26)27)32-17(37)11-35-20(39)34(10-16(36)23(28,29)30)18(33-35)12-5-7-15(24)8-6-12/h2-9,16,36H,10-11H2,1H3,(H2,31,38)(H,32,37)/t16-,21?/m0/s1. The molecule has 1 aromatic heterocycles. The number of aliphatic hydroxyl groups is 1. The molecule has 16 heteroatoms. The number of carbonyl (C=O) groups excluding carboxylic acids is 2. The predicted molar refractivity (Wildman–Crippen MR) is 125 cm³/mol. The SMILES string of the molecule is CC(NC(=O)Cn1nc(-c2ccc(Cl)cc2)n(C[C@H](O)C(F)(F)F)c1=O)(C(N)=O)c1cccc(C(F)(F)F)c1. The van der Waals surface area contributed by atoms with Crippen LogP contribution in [-0.4, -0.2) is 43.5 Å². The fourth-order valence-corrected chi connectivity index (χ4v) is 3.66. The molecule has 0 radical (unpaired) electrons. The van der Waals surface area contributed by atoms with Crippen molar-refractivity contribution in [2.75, 3.05) is 0 Å². The van der Waals surface area contributed by atoms with Crippen molar-refractivity contribution in [1.29, 1.82) is 0 Å². The molecule has 3 rings (SSSR count). The lowest BCUT2D eigenvalue weighted by Gasteiger charge is -2.28. The zero-order valence-corrected chi connectivity index (χ0v) is 20.6. The molecule has 0 aliphatic heterocycles. The van der Waals surface area contributed by atoms with Crippen molar-refractivity contribution in [2.24, 2.45) is 5.73 Å². The van der Waals surface area contributed by atoms with E-state index in [-0.39, 0.29) is 22.0 Å². The van der Waals surface area contributed by atoms with Gasteiger partial charge in [-0.2, -0.15) is 26.3 Å². The van der Waals surface area contributed by atoms with E-state index in [1.807, 2.05) is 0 Å². The third-order valence-electron chi connectivity index (χ3n) is 5.70. The van der Waals surface area contributed by atoms with Gasteiger partial charge in [-0.15, -0.1) is 5.10 Å². The number of aliphatic hydroxyl groups excluding tert-OH is 1. The second kappa shape index (κ2) is 10.7. The molecule has 0 bridgehead atoms. The van der Waals surface area contributed by atoms with Crippen LogP contribution >= 0.6 is 11.6 Å². The molecular weight excluding hydrogens is 560 g/mol. The number of hydrogen-bond donors (Lipinski definition) is 3. The van der Waals surface area contributed by atoms with Gasteiger partial charge in [0.1, 0.15) is 12.1 Å². The van der Waals surface area contributed by atoms with E-state index in [9.17, 15) is 45.8 Å². The second-order valence-electron chi connectivity index (χ2n) is 8.55. The normalized spacial score (nSPS) is 14.5. The Balaban J connectivity index is 1.98. The summed E-state index contributed by atoms with van der Waals surface area (Å²) in [5, 5.41) is 15.9. The predicted octanol–water partition coefficient (Wildman–Crippen LogP) is 2.82. The number of amides is 2. The highest BCUT2D eigenvalue weighted by Crippen LogP contribution is 2.32. The molecule has 210 valence electrons. The monoisotopic (exact) mass is 579 g/mol. The van der Waals surface area contributed by atoms with Gasteiger partial charge in [0.05, 0.1) is 12.1 Å². The van der Waals surface area contributed by atoms with E-state index in [0.717, 1.165) is 25.1 Å². The maximum atomic E-state index is 13.2. The molecule has 3 aromatic rings. The zero-order valence-electron chi connectivity index (χ0n) is 19.8. The first-order chi connectivity index (χ1) is 17.9. The number of nitrogens with two attached hydrogens (primary N) is 1. The van der Waals surface area contributed by atoms with Crippen molar-refractivity contribution >= 4 is 23.4 Å². The molecule has 2 aromatic carbocycles. The lowest BCUT2D eigenvalue weighted by atomic mass is 9.89. The van der Waals surface area contributed by atoms with Crippen LogP contribution in [0.4, 0.5) is 26.3 Å². The van der Waals surface area contributed by atoms with Crippen LogP contribution in [0, 0.1) is 0 Å². The van der Waals surface area contributed by atoms with Crippen LogP contribution in [0.5, 0.6) is 0 Å². The molecule has 0 fully saturated rings. The van der Waals surface area contributed by atoms with Crippen LogP contribution in [0.15, 0.2) is 53.3 Å². The van der Waals surface area contributed by atoms with Crippen LogP contribution in [0.3, 0.4) is 0 Å². The number of nitrogens with one attached hydrogen (secondary N) is 1. The van der Waals surface area contributed by atoms with Gasteiger partial charge in [-0.25, -0.2) is 9.48 Å². The van der Waals surface area contributed by atoms with Gasteiger partial charge < -0.3 is 16.2 Å². The quantitative estimate of drug-likeness (QED) is 0.353. The fraction of sp³-hybridized carbons (Fsp3) is 0.304. The van der Waals surface area contributed by atoms with Gasteiger partial charge >= 0.3 is 18.0 Å². The van der Waals surface area contributed by atoms with E-state index in [0.29, 0.717) is 15.3 Å². The summed E-state index contributed by atoms with van der Waals surface area (Å²) in [7, 11) is 0. The Labute approximate surface area is 220 Å². The number of hydrogen-bond acceptors (Lipinski definition) is 5. The smallest absolute Gasteiger partial charge is 0.382 e. The minimum atomic E-state index is -5.08. The van der Waals surface area contributed by atoms with E-state index in [1.54, 1.807) is 0 Å². The third-order valence-corrected chi connectivity index (χ3v) is 5.95. The minimum Gasteiger partial charge on any atom is -0.382 e. The zero-order chi connectivity index (χ0) is 29.3. The first-order valence-electron chi connectivity index (χ1n) is 10.9. The molecule has 39 heavy (non-hydrogen) atoms. The highest BCUT2D eigenvalue weighted by molar-refractivity contribution is 6.30. The Morgan fingerprint density at radius 3 is 2.21 bits per heavy atom. The number of carbonyl (C=O) groups is 2. The van der Waals surface area contributed by atoms with Crippen molar-refractivity contribution < 1.29 is 41.0 Å². The summed E-state index contributed by atoms with van der Waals surface area (Å²) in [4.78, 5) is 38.0. The number of alkyl halides is 6. The number of rotatable bonds is 8. The van der Waals surface area contributed by atoms with E-state index in [2.05, 4.69) is 10.4 Å². The molecule has 0 aliphatic rings. The van der Waals surface area contributed by atoms with Gasteiger partial charge in [0, 0.05) is 10.6 Å². The first kappa shape index (κ1) is 29.7. The summed E-state index contributed by atoms with van der Waals surface area (Å²) in [5.41, 5.74) is 0.672. The Morgan fingerprint density at radius 1 is 1.08 bits per heavy atom. The molecule has 0 spiro atoms. The largest absolute Gasteiger partial charge is 0.416 e. The molecule has 0 saturated heterocycles. The van der Waals surface area contributed by atoms with Gasteiger partial charge in [0.25, 0.3) is 0 Å². The minimum absolute atomic E-state index is 0.121. The average Bonchev–Trinajstić information content (AvgIpc) is 3.13. The summed E-state index contributed by atoms with van der Waals surface area (Å²) in [6.45, 7) is -1.18. The summed E-state index contributed by atoms with van der Waals surface area (Å²) in [5.74, 6) is -2.70. The highest BCUT2D eigenvalue weighted by atomic mass is 35.5. The number of benzene rings is 2. The maximum Gasteiger partial charge on any atom is 0.416 e. The van der Waals surface area contributed by atoms with Crippen LogP contribution in [0.25, 0.3) is 11.4 Å². The number of aromatic nitrogens is 3. The molecule has 2 atom stereocenters. The number of halogens is 7. The van der Waals surface area contributed by atoms with E-state index < -0.39 is 60.2 Å². The second-order valence-corrected chi connectivity index (χ2v) is 8.99. The van der Waals surface area contributed by atoms with Crippen molar-refractivity contribution in [1.82, 2.24) is 19.7 Å². The van der Waals surface area contributed by atoms with Crippen molar-refractivity contribution in [3.8, 4) is 11.4 Å². The van der Waals surface area contributed by atoms with E-state index >= 15 is 0 Å². The van der Waals surface area contributed by atoms with Gasteiger partial charge in [-0.1, -0.05) is 23.7 Å². The topological polar surface area (TPSA) is 132 Å². The van der Waals surface area contributed by atoms with Crippen molar-refractivity contribution in [2.45, 2.75) is 44.0 Å². The summed E-state index contributed by atoms with van der Waals surface area (Å²) in [6, 6.07) is 8.89. The first-order valence-corrected chi connectivity index (χ1v) is 11.3. The van der Waals surface area contributed by atoms with Gasteiger partial charge in [0.15, 0.2) is 11.9 Å². The molecule has 0 aliphatic carbocycles. The Bertz CT molecular complexity index is 1430. The molecule has 0 saturated carbocycles. The van der Waals surface area contributed by atoms with Crippen LogP contribution in [-0.2, 0) is 34.4 Å².